The molecule has 0 fully saturated rings. The van der Waals surface area contributed by atoms with E-state index in [1.54, 1.807) is 0 Å². The van der Waals surface area contributed by atoms with E-state index in [4.69, 9.17) is 9.47 Å². The Morgan fingerprint density at radius 1 is 0.500 bits per heavy atom. The third kappa shape index (κ3) is 14.1. The fourth-order valence-corrected chi connectivity index (χ4v) is 8.80. The topological polar surface area (TPSA) is 395 Å². The Morgan fingerprint density at radius 3 is 1.10 bits per heavy atom. The molecule has 32 heteroatoms. The van der Waals surface area contributed by atoms with Crippen molar-refractivity contribution in [2.45, 2.75) is 33.4 Å². The first-order chi connectivity index (χ1) is 30.6. The van der Waals surface area contributed by atoms with Gasteiger partial charge in [-0.05, 0) is 82.6 Å². The zero-order chi connectivity index (χ0) is 48.8. The number of nitrogens with zero attached hydrogens (tertiary/aromatic N) is 4. The van der Waals surface area contributed by atoms with Gasteiger partial charge in [0.05, 0.1) is 45.2 Å². The molecule has 70 heavy (non-hydrogen) atoms. The summed E-state index contributed by atoms with van der Waals surface area (Å²) in [6.07, 6.45) is 0. The molecule has 2 amide bonds. The van der Waals surface area contributed by atoms with Gasteiger partial charge >= 0.3 is 118 Å². The number of hydrogen-bond acceptors (Lipinski definition) is 22. The van der Waals surface area contributed by atoms with Crippen molar-refractivity contribution in [1.29, 1.82) is 0 Å². The Hall–Kier alpha value is -3.18. The maximum Gasteiger partial charge on any atom is 1.00 e. The van der Waals surface area contributed by atoms with Crippen LogP contribution in [0.1, 0.15) is 13.8 Å². The fraction of sp³-hybridized carbons (Fsp3) is 0.105. The van der Waals surface area contributed by atoms with Crippen molar-refractivity contribution in [2.24, 2.45) is 20.5 Å². The summed E-state index contributed by atoms with van der Waals surface area (Å²) >= 11 is 0. The van der Waals surface area contributed by atoms with Crippen LogP contribution in [0.25, 0.3) is 32.7 Å². The number of hydrogen-bond donors (Lipinski definition) is 4. The average molecular weight is 1080 g/mol. The van der Waals surface area contributed by atoms with Gasteiger partial charge in [-0.25, -0.2) is 33.7 Å². The van der Waals surface area contributed by atoms with Crippen LogP contribution in [-0.2, 0) is 50.1 Å². The molecule has 4 N–H and O–H groups in total. The number of methoxy groups -OCH3 is 2. The van der Waals surface area contributed by atoms with Crippen LogP contribution in [0.2, 0.25) is 0 Å². The molecular weight excluding hydrogens is 1050 g/mol. The van der Waals surface area contributed by atoms with Crippen LogP contribution in [0.4, 0.5) is 34.1 Å². The second-order valence-corrected chi connectivity index (χ2v) is 19.1. The molecule has 0 bridgehead atoms. The van der Waals surface area contributed by atoms with Gasteiger partial charge in [-0.3, -0.25) is 9.59 Å². The van der Waals surface area contributed by atoms with Crippen LogP contribution in [0, 0.1) is 0 Å². The Bertz CT molecular complexity index is 3390. The molecule has 0 saturated heterocycles. The number of rotatable bonds is 13. The van der Waals surface area contributed by atoms with Gasteiger partial charge in [-0.2, -0.15) is 0 Å². The minimum atomic E-state index is -5.49. The number of fused-ring (bicyclic) bond motifs is 2. The van der Waals surface area contributed by atoms with E-state index in [-0.39, 0.29) is 141 Å². The second kappa shape index (κ2) is 24.2. The van der Waals surface area contributed by atoms with Gasteiger partial charge in [0.15, 0.2) is 11.5 Å². The number of nitrogens with one attached hydrogen (secondary N) is 2. The number of phenols is 2. The summed E-state index contributed by atoms with van der Waals surface area (Å²) in [6, 6.07) is 12.5. The van der Waals surface area contributed by atoms with Gasteiger partial charge in [0.25, 0.3) is 0 Å². The van der Waals surface area contributed by atoms with E-state index < -0.39 is 128 Å². The van der Waals surface area contributed by atoms with Gasteiger partial charge in [-0.15, -0.1) is 20.5 Å². The first-order valence-corrected chi connectivity index (χ1v) is 23.5. The molecule has 0 spiro atoms. The van der Waals surface area contributed by atoms with Crippen LogP contribution in [0.5, 0.6) is 23.0 Å². The summed E-state index contributed by atoms with van der Waals surface area (Å²) in [5, 5.41) is 40.8. The van der Waals surface area contributed by atoms with E-state index in [0.29, 0.717) is 35.4 Å². The summed E-state index contributed by atoms with van der Waals surface area (Å²) in [5.41, 5.74) is -2.14. The predicted octanol–water partition coefficient (Wildman–Crippen LogP) is -6.53. The molecule has 0 heterocycles. The first kappa shape index (κ1) is 62.9. The Balaban J connectivity index is 0.00000420. The molecule has 0 atom stereocenters. The number of anilines is 2. The van der Waals surface area contributed by atoms with Crippen LogP contribution in [-0.4, -0.2) is 88.1 Å². The van der Waals surface area contributed by atoms with E-state index in [1.807, 2.05) is 0 Å². The Labute approximate surface area is 486 Å². The normalized spacial score (nSPS) is 11.8. The molecule has 24 nitrogen and oxygen atoms in total. The summed E-state index contributed by atoms with van der Waals surface area (Å²) in [5.74, 6) is -3.68. The van der Waals surface area contributed by atoms with Gasteiger partial charge in [-0.1, -0.05) is 12.1 Å². The zero-order valence-corrected chi connectivity index (χ0v) is 49.0. The Kier molecular flexibility index (Phi) is 21.8. The average Bonchev–Trinajstić information content (AvgIpc) is 3.20. The largest absolute Gasteiger partial charge is 1.00 e. The summed E-state index contributed by atoms with van der Waals surface area (Å²) in [6.45, 7) is 2.04. The van der Waals surface area contributed by atoms with Crippen LogP contribution < -0.4 is 138 Å². The maximum absolute atomic E-state index is 12.4. The van der Waals surface area contributed by atoms with Crippen LogP contribution in [0.15, 0.2) is 113 Å². The number of phenolic OH excluding ortho intramolecular Hbond substituents is 2. The van der Waals surface area contributed by atoms with Crippen molar-refractivity contribution in [3.63, 3.8) is 0 Å². The summed E-state index contributed by atoms with van der Waals surface area (Å²) < 4.78 is 156. The van der Waals surface area contributed by atoms with Crippen LogP contribution in [0.3, 0.4) is 0 Å². The van der Waals surface area contributed by atoms with Gasteiger partial charge in [0.2, 0.25) is 11.8 Å². The van der Waals surface area contributed by atoms with Crippen molar-refractivity contribution in [3.8, 4) is 34.1 Å². The molecule has 346 valence electrons. The van der Waals surface area contributed by atoms with Crippen molar-refractivity contribution in [3.05, 3.63) is 72.8 Å². The smallest absolute Gasteiger partial charge is 0.744 e. The molecule has 0 aliphatic heterocycles. The SMILES string of the molecule is COc1cc(-c2ccc(N=Nc3c(S(=O)(=O)[O-])cc4cc(S(=O)(=O)[O-])cc(NC(C)=O)c4c3O)c(OC)c2)ccc1N=Nc1c(S(=O)(=O)[O-])cc2cc(S(=O)(=O)[O-])cc(NC(C)=O)c2c1O.[Na+].[Na+].[Na+].[Na+]. The number of aromatic hydroxyl groups is 2. The van der Waals surface area contributed by atoms with E-state index in [2.05, 4.69) is 31.1 Å². The number of amides is 2. The first-order valence-electron chi connectivity index (χ1n) is 17.9. The Morgan fingerprint density at radius 2 is 0.829 bits per heavy atom. The predicted molar refractivity (Wildman–Crippen MR) is 225 cm³/mol. The molecule has 6 aromatic carbocycles. The van der Waals surface area contributed by atoms with Crippen LogP contribution >= 0.6 is 0 Å². The number of benzene rings is 6. The minimum Gasteiger partial charge on any atom is -0.744 e. The van der Waals surface area contributed by atoms with Gasteiger partial charge in [0, 0.05) is 24.6 Å². The molecule has 0 aromatic heterocycles. The molecule has 0 unspecified atom stereocenters. The molecule has 0 aliphatic carbocycles. The molecular formula is C38H28N6Na4O18S4. The quantitative estimate of drug-likeness (QED) is 0.0475. The van der Waals surface area contributed by atoms with Crippen molar-refractivity contribution in [2.75, 3.05) is 24.9 Å². The van der Waals surface area contributed by atoms with Crippen molar-refractivity contribution >= 4 is 108 Å². The number of ether oxygens (including phenoxy) is 2. The van der Waals surface area contributed by atoms with Crippen molar-refractivity contribution in [1.82, 2.24) is 0 Å². The molecule has 0 saturated carbocycles. The van der Waals surface area contributed by atoms with E-state index in [9.17, 15) is 71.7 Å². The molecule has 6 rings (SSSR count). The summed E-state index contributed by atoms with van der Waals surface area (Å²) in [4.78, 5) is 19.7. The van der Waals surface area contributed by atoms with E-state index >= 15 is 0 Å². The number of carbonyl (C=O) groups excluding carboxylic acids is 2. The monoisotopic (exact) mass is 1080 g/mol. The van der Waals surface area contributed by atoms with E-state index in [0.717, 1.165) is 26.0 Å². The third-order valence-corrected chi connectivity index (χ3v) is 12.5. The van der Waals surface area contributed by atoms with E-state index in [1.165, 1.54) is 50.6 Å². The number of carbonyl (C=O) groups is 2. The van der Waals surface area contributed by atoms with Crippen molar-refractivity contribution < 1.29 is 199 Å². The minimum absolute atomic E-state index is 0. The fourth-order valence-electron chi connectivity index (χ4n) is 6.45. The van der Waals surface area contributed by atoms with Gasteiger partial charge in [0.1, 0.15) is 74.7 Å². The third-order valence-electron chi connectivity index (χ3n) is 9.19. The maximum atomic E-state index is 12.4. The molecule has 0 aliphatic rings. The second-order valence-electron chi connectivity index (χ2n) is 13.6. The number of azo groups is 2. The standard InChI is InChI=1S/C38H32N6O18S4.4Na/c1-17(45)39-27-15-23(63(49,50)51)9-21-13-31(65(55,56)57)35(37(47)33(21)27)43-41-25-7-5-19(11-29(25)61-3)20-6-8-26(30(12-20)62-4)42-44-36-32(66(58,59)60)14-22-10-24(64(52,53)54)16-28(40-18(2)46)34(22)38(36)48;;;;/h5-16,47-48H,1-4H3,(H,39,45)(H,40,46)(H,49,50,51)(H,52,53,54)(H,55,56,57)(H,58,59,60);;;;/q;4*+1/p-4. The molecule has 6 aromatic rings. The van der Waals surface area contributed by atoms with Gasteiger partial charge < -0.3 is 48.5 Å². The summed E-state index contributed by atoms with van der Waals surface area (Å²) in [7, 11) is -18.9. The molecule has 0 radical (unpaired) electrons. The zero-order valence-electron chi connectivity index (χ0n) is 37.8.